The molecule has 0 saturated carbocycles. The van der Waals surface area contributed by atoms with Crippen molar-refractivity contribution in [2.24, 2.45) is 7.05 Å². The number of anilines is 1. The molecule has 0 saturated heterocycles. The van der Waals surface area contributed by atoms with Crippen LogP contribution in [0.15, 0.2) is 53.7 Å². The largest absolute Gasteiger partial charge is 0.325 e. The smallest absolute Gasteiger partial charge is 0.237 e. The van der Waals surface area contributed by atoms with E-state index in [-0.39, 0.29) is 11.2 Å². The highest BCUT2D eigenvalue weighted by molar-refractivity contribution is 8.00. The van der Waals surface area contributed by atoms with E-state index >= 15 is 0 Å². The van der Waals surface area contributed by atoms with Crippen molar-refractivity contribution >= 4 is 23.4 Å². The molecule has 1 amide bonds. The third-order valence-electron chi connectivity index (χ3n) is 4.60. The second-order valence-electron chi connectivity index (χ2n) is 7.23. The number of amides is 1. The number of carbonyl (C=O) groups is 1. The van der Waals surface area contributed by atoms with Crippen LogP contribution in [-0.2, 0) is 11.8 Å². The number of thioether (sulfide) groups is 1. The number of benzene rings is 2. The fraction of sp³-hybridized carbons (Fsp3) is 0.318. The summed E-state index contributed by atoms with van der Waals surface area (Å²) in [5.74, 6) is 1.09. The Morgan fingerprint density at radius 2 is 1.82 bits per heavy atom. The summed E-state index contributed by atoms with van der Waals surface area (Å²) in [5, 5.41) is 12.1. The molecule has 146 valence electrons. The summed E-state index contributed by atoms with van der Waals surface area (Å²) in [6, 6.07) is 16.1. The van der Waals surface area contributed by atoms with Crippen molar-refractivity contribution in [2.45, 2.75) is 44.0 Å². The van der Waals surface area contributed by atoms with E-state index in [9.17, 15) is 4.79 Å². The van der Waals surface area contributed by atoms with Gasteiger partial charge in [0.05, 0.1) is 5.25 Å². The van der Waals surface area contributed by atoms with E-state index in [0.29, 0.717) is 5.92 Å². The standard InChI is InChI=1S/C22H26N4OS/c1-14(2)18-11-6-7-12-19(18)23-21(27)16(4)28-22-25-24-20(26(22)5)17-10-8-9-15(3)13-17/h6-14,16H,1-5H3,(H,23,27). The summed E-state index contributed by atoms with van der Waals surface area (Å²) in [6.45, 7) is 8.18. The monoisotopic (exact) mass is 394 g/mol. The molecule has 0 aliphatic heterocycles. The average molecular weight is 395 g/mol. The molecular weight excluding hydrogens is 368 g/mol. The quantitative estimate of drug-likeness (QED) is 0.596. The fourth-order valence-corrected chi connectivity index (χ4v) is 3.83. The Bertz CT molecular complexity index is 980. The molecule has 1 unspecified atom stereocenters. The van der Waals surface area contributed by atoms with E-state index in [2.05, 4.69) is 54.5 Å². The Kier molecular flexibility index (Phi) is 6.19. The molecule has 0 radical (unpaired) electrons. The highest BCUT2D eigenvalue weighted by Gasteiger charge is 2.20. The van der Waals surface area contributed by atoms with Gasteiger partial charge in [-0.25, -0.2) is 0 Å². The van der Waals surface area contributed by atoms with E-state index in [4.69, 9.17) is 0 Å². The lowest BCUT2D eigenvalue weighted by Crippen LogP contribution is -2.23. The second-order valence-corrected chi connectivity index (χ2v) is 8.53. The molecule has 1 heterocycles. The van der Waals surface area contributed by atoms with Gasteiger partial charge in [0.25, 0.3) is 0 Å². The van der Waals surface area contributed by atoms with Crippen molar-refractivity contribution in [1.29, 1.82) is 0 Å². The van der Waals surface area contributed by atoms with Crippen LogP contribution < -0.4 is 5.32 Å². The molecule has 6 heteroatoms. The minimum atomic E-state index is -0.298. The maximum absolute atomic E-state index is 12.7. The van der Waals surface area contributed by atoms with E-state index in [1.807, 2.05) is 48.9 Å². The third kappa shape index (κ3) is 4.44. The Morgan fingerprint density at radius 1 is 1.07 bits per heavy atom. The fourth-order valence-electron chi connectivity index (χ4n) is 3.01. The number of aromatic nitrogens is 3. The molecule has 0 aliphatic carbocycles. The number of carbonyl (C=O) groups excluding carboxylic acids is 1. The van der Waals surface area contributed by atoms with Crippen LogP contribution in [0.4, 0.5) is 5.69 Å². The van der Waals surface area contributed by atoms with Gasteiger partial charge in [0.15, 0.2) is 11.0 Å². The summed E-state index contributed by atoms with van der Waals surface area (Å²) in [7, 11) is 1.93. The lowest BCUT2D eigenvalue weighted by atomic mass is 10.0. The minimum absolute atomic E-state index is 0.0433. The maximum atomic E-state index is 12.7. The zero-order valence-electron chi connectivity index (χ0n) is 16.9. The Labute approximate surface area is 170 Å². The molecule has 3 rings (SSSR count). The Morgan fingerprint density at radius 3 is 2.54 bits per heavy atom. The Balaban J connectivity index is 1.73. The first-order chi connectivity index (χ1) is 13.4. The van der Waals surface area contributed by atoms with Crippen LogP contribution in [0.25, 0.3) is 11.4 Å². The van der Waals surface area contributed by atoms with Crippen molar-refractivity contribution in [3.63, 3.8) is 0 Å². The number of nitrogens with zero attached hydrogens (tertiary/aromatic N) is 3. The molecule has 2 aromatic carbocycles. The highest BCUT2D eigenvalue weighted by Crippen LogP contribution is 2.28. The molecule has 3 aromatic rings. The lowest BCUT2D eigenvalue weighted by Gasteiger charge is -2.16. The van der Waals surface area contributed by atoms with Gasteiger partial charge in [-0.1, -0.05) is 67.6 Å². The molecule has 5 nitrogen and oxygen atoms in total. The van der Waals surface area contributed by atoms with E-state index < -0.39 is 0 Å². The topological polar surface area (TPSA) is 59.8 Å². The molecule has 0 aliphatic rings. The summed E-state index contributed by atoms with van der Waals surface area (Å²) in [6.07, 6.45) is 0. The van der Waals surface area contributed by atoms with Crippen LogP contribution in [0.1, 0.15) is 37.8 Å². The van der Waals surface area contributed by atoms with Crippen molar-refractivity contribution in [3.8, 4) is 11.4 Å². The number of aryl methyl sites for hydroxylation is 1. The molecule has 1 atom stereocenters. The normalized spacial score (nSPS) is 12.2. The first-order valence-corrected chi connectivity index (χ1v) is 10.3. The third-order valence-corrected chi connectivity index (χ3v) is 5.74. The molecule has 28 heavy (non-hydrogen) atoms. The summed E-state index contributed by atoms with van der Waals surface area (Å²) in [4.78, 5) is 12.7. The van der Waals surface area contributed by atoms with Crippen LogP contribution in [0.5, 0.6) is 0 Å². The van der Waals surface area contributed by atoms with E-state index in [1.54, 1.807) is 0 Å². The number of rotatable bonds is 6. The molecule has 1 N–H and O–H groups in total. The van der Waals surface area contributed by atoms with Crippen LogP contribution in [0.2, 0.25) is 0 Å². The van der Waals surface area contributed by atoms with Crippen LogP contribution in [-0.4, -0.2) is 25.9 Å². The van der Waals surface area contributed by atoms with Gasteiger partial charge in [-0.15, -0.1) is 10.2 Å². The van der Waals surface area contributed by atoms with Gasteiger partial charge in [-0.2, -0.15) is 0 Å². The summed E-state index contributed by atoms with van der Waals surface area (Å²) in [5.41, 5.74) is 4.19. The number of hydrogen-bond acceptors (Lipinski definition) is 4. The van der Waals surface area contributed by atoms with Gasteiger partial charge >= 0.3 is 0 Å². The van der Waals surface area contributed by atoms with Gasteiger partial charge in [0, 0.05) is 18.3 Å². The second kappa shape index (κ2) is 8.61. The van der Waals surface area contributed by atoms with E-state index in [0.717, 1.165) is 27.8 Å². The molecule has 1 aromatic heterocycles. The average Bonchev–Trinajstić information content (AvgIpc) is 3.02. The first-order valence-electron chi connectivity index (χ1n) is 9.39. The van der Waals surface area contributed by atoms with Crippen LogP contribution >= 0.6 is 11.8 Å². The van der Waals surface area contributed by atoms with Gasteiger partial charge in [0.2, 0.25) is 5.91 Å². The zero-order chi connectivity index (χ0) is 20.3. The molecule has 0 fully saturated rings. The number of nitrogens with one attached hydrogen (secondary N) is 1. The van der Waals surface area contributed by atoms with Crippen molar-refractivity contribution < 1.29 is 4.79 Å². The van der Waals surface area contributed by atoms with Gasteiger partial charge in [-0.3, -0.25) is 4.79 Å². The van der Waals surface area contributed by atoms with Crippen molar-refractivity contribution in [2.75, 3.05) is 5.32 Å². The predicted octanol–water partition coefficient (Wildman–Crippen LogP) is 5.03. The lowest BCUT2D eigenvalue weighted by molar-refractivity contribution is -0.115. The Hall–Kier alpha value is -2.60. The molecular formula is C22H26N4OS. The first kappa shape index (κ1) is 20.1. The number of para-hydroxylation sites is 1. The maximum Gasteiger partial charge on any atom is 0.237 e. The number of hydrogen-bond donors (Lipinski definition) is 1. The van der Waals surface area contributed by atoms with Gasteiger partial charge in [0.1, 0.15) is 0 Å². The predicted molar refractivity (Wildman–Crippen MR) is 116 cm³/mol. The minimum Gasteiger partial charge on any atom is -0.325 e. The molecule has 0 spiro atoms. The van der Waals surface area contributed by atoms with Crippen LogP contribution in [0.3, 0.4) is 0 Å². The van der Waals surface area contributed by atoms with E-state index in [1.165, 1.54) is 17.3 Å². The summed E-state index contributed by atoms with van der Waals surface area (Å²) >= 11 is 1.41. The summed E-state index contributed by atoms with van der Waals surface area (Å²) < 4.78 is 1.94. The van der Waals surface area contributed by atoms with Gasteiger partial charge < -0.3 is 9.88 Å². The zero-order valence-corrected chi connectivity index (χ0v) is 17.7. The van der Waals surface area contributed by atoms with Crippen molar-refractivity contribution in [1.82, 2.24) is 14.8 Å². The highest BCUT2D eigenvalue weighted by atomic mass is 32.2. The molecule has 0 bridgehead atoms. The SMILES string of the molecule is Cc1cccc(-c2nnc(SC(C)C(=O)Nc3ccccc3C(C)C)n2C)c1. The van der Waals surface area contributed by atoms with Gasteiger partial charge in [-0.05, 0) is 37.5 Å². The van der Waals surface area contributed by atoms with Crippen LogP contribution in [0, 0.1) is 6.92 Å². The van der Waals surface area contributed by atoms with Crippen molar-refractivity contribution in [3.05, 3.63) is 59.7 Å².